The molecule has 1 atom stereocenters. The number of aliphatic hydroxyl groups is 1. The molecule has 5 N–H and O–H groups in total. The summed E-state index contributed by atoms with van der Waals surface area (Å²) in [4.78, 5) is 28.9. The Morgan fingerprint density at radius 1 is 1.04 bits per heavy atom. The van der Waals surface area contributed by atoms with Crippen LogP contribution in [0.15, 0.2) is 94.9 Å². The third kappa shape index (κ3) is 7.87. The summed E-state index contributed by atoms with van der Waals surface area (Å²) in [5.74, 6) is -0.265. The lowest BCUT2D eigenvalue weighted by Crippen LogP contribution is -2.42. The van der Waals surface area contributed by atoms with Gasteiger partial charge in [0.1, 0.15) is 0 Å². The Morgan fingerprint density at radius 2 is 1.82 bits per heavy atom. The molecule has 5 rings (SSSR count). The van der Waals surface area contributed by atoms with Crippen LogP contribution in [0.2, 0.25) is 0 Å². The normalized spacial score (nSPS) is 12.7. The zero-order chi connectivity index (χ0) is 32.2. The number of amides is 1. The number of nitrogens with one attached hydrogen (secondary N) is 4. The zero-order valence-corrected chi connectivity index (χ0v) is 26.1. The van der Waals surface area contributed by atoms with Gasteiger partial charge in [-0.2, -0.15) is 0 Å². The van der Waals surface area contributed by atoms with Crippen molar-refractivity contribution in [3.63, 3.8) is 0 Å². The number of fused-ring (bicyclic) bond motifs is 1. The number of aromatic nitrogens is 4. The van der Waals surface area contributed by atoms with Crippen LogP contribution >= 0.6 is 0 Å². The van der Waals surface area contributed by atoms with Crippen LogP contribution in [0.1, 0.15) is 48.0 Å². The molecule has 0 aliphatic carbocycles. The van der Waals surface area contributed by atoms with E-state index in [9.17, 15) is 23.1 Å². The molecule has 0 radical (unpaired) electrons. The first-order valence-corrected chi connectivity index (χ1v) is 16.0. The molecular formula is C32H37N7O5S. The van der Waals surface area contributed by atoms with Crippen LogP contribution in [-0.2, 0) is 30.2 Å². The van der Waals surface area contributed by atoms with E-state index in [1.54, 1.807) is 68.0 Å². The summed E-state index contributed by atoms with van der Waals surface area (Å²) < 4.78 is 31.3. The van der Waals surface area contributed by atoms with Crippen LogP contribution in [-0.4, -0.2) is 50.8 Å². The third-order valence-corrected chi connectivity index (χ3v) is 8.99. The highest BCUT2D eigenvalue weighted by Gasteiger charge is 2.21. The van der Waals surface area contributed by atoms with Crippen LogP contribution in [0.4, 0.5) is 5.69 Å². The number of imidazole rings is 1. The number of sulfonamides is 1. The highest BCUT2D eigenvalue weighted by Crippen LogP contribution is 2.22. The van der Waals surface area contributed by atoms with Crippen LogP contribution < -0.4 is 20.9 Å². The van der Waals surface area contributed by atoms with Crippen molar-refractivity contribution in [2.24, 2.45) is 7.05 Å². The van der Waals surface area contributed by atoms with Gasteiger partial charge in [0.25, 0.3) is 21.5 Å². The van der Waals surface area contributed by atoms with E-state index in [-0.39, 0.29) is 35.0 Å². The predicted molar refractivity (Wildman–Crippen MR) is 172 cm³/mol. The van der Waals surface area contributed by atoms with Crippen molar-refractivity contribution in [1.29, 1.82) is 0 Å². The molecule has 0 aliphatic rings. The molecule has 0 fully saturated rings. The van der Waals surface area contributed by atoms with Gasteiger partial charge in [0.05, 0.1) is 40.6 Å². The lowest BCUT2D eigenvalue weighted by atomic mass is 9.99. The van der Waals surface area contributed by atoms with Crippen LogP contribution in [0, 0.1) is 0 Å². The molecular weight excluding hydrogens is 594 g/mol. The van der Waals surface area contributed by atoms with Gasteiger partial charge in [-0.15, -0.1) is 0 Å². The number of nitrogens with zero attached hydrogens (tertiary/aromatic N) is 3. The number of H-pyrrole nitrogens is 1. The Morgan fingerprint density at radius 3 is 2.56 bits per heavy atom. The number of hydrogen-bond acceptors (Lipinski definition) is 7. The van der Waals surface area contributed by atoms with Gasteiger partial charge in [-0.05, 0) is 68.3 Å². The molecule has 0 saturated heterocycles. The zero-order valence-electron chi connectivity index (χ0n) is 25.3. The third-order valence-electron chi connectivity index (χ3n) is 7.59. The van der Waals surface area contributed by atoms with E-state index in [1.807, 2.05) is 24.5 Å². The number of hydrogen-bond donors (Lipinski definition) is 5. The Balaban J connectivity index is 1.14. The van der Waals surface area contributed by atoms with E-state index in [0.717, 1.165) is 11.9 Å². The molecule has 2 heterocycles. The molecule has 236 valence electrons. The van der Waals surface area contributed by atoms with Crippen molar-refractivity contribution in [1.82, 2.24) is 30.0 Å². The maximum atomic E-state index is 12.7. The molecule has 0 saturated carbocycles. The summed E-state index contributed by atoms with van der Waals surface area (Å²) in [7, 11) is -2.13. The number of carbonyl (C=O) groups is 1. The molecule has 5 aromatic rings. The SMILES string of the molecule is Cn1[nH]c(CNC(=O)c2ccc3c(c2)ncn3CCC(C)(C)NC[C@H](O)c2cccc(NS(=O)(=O)c3ccccc3)c2)cc1=O. The molecule has 0 aliphatic heterocycles. The molecule has 13 heteroatoms. The Bertz CT molecular complexity index is 1960. The molecule has 3 aromatic carbocycles. The highest BCUT2D eigenvalue weighted by molar-refractivity contribution is 7.92. The second kappa shape index (κ2) is 13.1. The van der Waals surface area contributed by atoms with E-state index in [1.165, 1.54) is 22.9 Å². The fourth-order valence-electron chi connectivity index (χ4n) is 4.90. The van der Waals surface area contributed by atoms with Crippen molar-refractivity contribution in [2.75, 3.05) is 11.3 Å². The van der Waals surface area contributed by atoms with Crippen molar-refractivity contribution >= 4 is 32.7 Å². The summed E-state index contributed by atoms with van der Waals surface area (Å²) in [6.07, 6.45) is 1.61. The number of aryl methyl sites for hydroxylation is 2. The first kappa shape index (κ1) is 31.7. The molecule has 0 spiro atoms. The number of anilines is 1. The maximum absolute atomic E-state index is 12.7. The largest absolute Gasteiger partial charge is 0.387 e. The van der Waals surface area contributed by atoms with E-state index >= 15 is 0 Å². The molecule has 0 bridgehead atoms. The number of carbonyl (C=O) groups excluding carboxylic acids is 1. The van der Waals surface area contributed by atoms with Gasteiger partial charge in [-0.1, -0.05) is 30.3 Å². The quantitative estimate of drug-likeness (QED) is 0.133. The first-order valence-electron chi connectivity index (χ1n) is 14.5. The van der Waals surface area contributed by atoms with E-state index in [0.29, 0.717) is 34.6 Å². The Hall–Kier alpha value is -4.72. The van der Waals surface area contributed by atoms with Gasteiger partial charge in [-0.25, -0.2) is 13.4 Å². The van der Waals surface area contributed by atoms with Gasteiger partial charge in [0.2, 0.25) is 0 Å². The predicted octanol–water partition coefficient (Wildman–Crippen LogP) is 3.29. The fourth-order valence-corrected chi connectivity index (χ4v) is 5.97. The number of aromatic amines is 1. The second-order valence-electron chi connectivity index (χ2n) is 11.6. The van der Waals surface area contributed by atoms with Gasteiger partial charge in [0, 0.05) is 43.0 Å². The molecule has 12 nitrogen and oxygen atoms in total. The molecule has 2 aromatic heterocycles. The lowest BCUT2D eigenvalue weighted by Gasteiger charge is -2.28. The number of aliphatic hydroxyl groups excluding tert-OH is 1. The van der Waals surface area contributed by atoms with E-state index < -0.39 is 16.1 Å². The summed E-state index contributed by atoms with van der Waals surface area (Å²) in [6.45, 7) is 5.21. The van der Waals surface area contributed by atoms with Crippen molar-refractivity contribution < 1.29 is 18.3 Å². The average molecular weight is 632 g/mol. The van der Waals surface area contributed by atoms with Gasteiger partial charge < -0.3 is 20.3 Å². The summed E-state index contributed by atoms with van der Waals surface area (Å²) in [5, 5.41) is 20.0. The van der Waals surface area contributed by atoms with Crippen molar-refractivity contribution in [3.8, 4) is 0 Å². The highest BCUT2D eigenvalue weighted by atomic mass is 32.2. The topological polar surface area (TPSA) is 163 Å². The van der Waals surface area contributed by atoms with Gasteiger partial charge in [0.15, 0.2) is 0 Å². The number of benzene rings is 3. The van der Waals surface area contributed by atoms with Crippen LogP contribution in [0.25, 0.3) is 11.0 Å². The minimum Gasteiger partial charge on any atom is -0.387 e. The summed E-state index contributed by atoms with van der Waals surface area (Å²) >= 11 is 0. The Labute approximate surface area is 261 Å². The Kier molecular flexibility index (Phi) is 9.23. The fraction of sp³-hybridized carbons (Fsp3) is 0.281. The average Bonchev–Trinajstić information content (AvgIpc) is 3.59. The maximum Gasteiger partial charge on any atom is 0.266 e. The molecule has 1 amide bonds. The molecule has 0 unspecified atom stereocenters. The van der Waals surface area contributed by atoms with Gasteiger partial charge in [-0.3, -0.25) is 24.1 Å². The van der Waals surface area contributed by atoms with E-state index in [4.69, 9.17) is 0 Å². The van der Waals surface area contributed by atoms with E-state index in [2.05, 4.69) is 25.4 Å². The van der Waals surface area contributed by atoms with Crippen LogP contribution in [0.5, 0.6) is 0 Å². The monoisotopic (exact) mass is 631 g/mol. The number of β-amino-alcohol motifs (C(OH)–C–C–N with tert-alkyl or cyclic N) is 1. The second-order valence-corrected chi connectivity index (χ2v) is 13.3. The van der Waals surface area contributed by atoms with Crippen molar-refractivity contribution in [3.05, 3.63) is 112 Å². The summed E-state index contributed by atoms with van der Waals surface area (Å²) in [6, 6.07) is 21.7. The molecule has 45 heavy (non-hydrogen) atoms. The van der Waals surface area contributed by atoms with Crippen molar-refractivity contribution in [2.45, 2.75) is 49.9 Å². The summed E-state index contributed by atoms with van der Waals surface area (Å²) in [5.41, 5.74) is 3.12. The van der Waals surface area contributed by atoms with Gasteiger partial charge >= 0.3 is 0 Å². The number of rotatable bonds is 13. The lowest BCUT2D eigenvalue weighted by molar-refractivity contribution is 0.0950. The minimum absolute atomic E-state index is 0.161. The standard InChI is InChI=1S/C32H37N7O5S/c1-32(2,35-20-29(40)22-8-7-9-24(16-22)37-45(43,44)26-10-5-4-6-11-26)14-15-39-21-34-27-17-23(12-13-28(27)39)31(42)33-19-25-18-30(41)38(3)36-25/h4-13,16-18,21,29,35-37,40H,14-15,19-20H2,1-3H3,(H,33,42)/t29-/m0/s1. The minimum atomic E-state index is -3.74. The van der Waals surface area contributed by atoms with Crippen LogP contribution in [0.3, 0.4) is 0 Å². The first-order chi connectivity index (χ1) is 21.4. The smallest absolute Gasteiger partial charge is 0.266 e.